The van der Waals surface area contributed by atoms with Crippen LogP contribution in [0.25, 0.3) is 0 Å². The highest BCUT2D eigenvalue weighted by atomic mass is 79.9. The van der Waals surface area contributed by atoms with E-state index < -0.39 is 11.9 Å². The third kappa shape index (κ3) is 4.30. The second kappa shape index (κ2) is 7.62. The van der Waals surface area contributed by atoms with Crippen molar-refractivity contribution < 1.29 is 16.1 Å². The predicted molar refractivity (Wildman–Crippen MR) is 77.1 cm³/mol. The van der Waals surface area contributed by atoms with E-state index in [9.17, 15) is 9.90 Å². The maximum atomic E-state index is 11.1. The average Bonchev–Trinajstić information content (AvgIpc) is 2.40. The minimum atomic E-state index is -1.03. The number of hydrogen-bond acceptors (Lipinski definition) is 4. The van der Waals surface area contributed by atoms with Gasteiger partial charge in [-0.05, 0) is 18.9 Å². The first-order valence-electron chi connectivity index (χ1n) is 6.28. The van der Waals surface area contributed by atoms with E-state index >= 15 is 0 Å². The van der Waals surface area contributed by atoms with E-state index in [0.717, 1.165) is 5.56 Å². The molecule has 4 nitrogen and oxygen atoms in total. The molecule has 1 fully saturated rings. The van der Waals surface area contributed by atoms with Gasteiger partial charge in [-0.3, -0.25) is 0 Å². The van der Waals surface area contributed by atoms with Crippen molar-refractivity contribution in [3.05, 3.63) is 35.9 Å². The monoisotopic (exact) mass is 329 g/mol. The highest BCUT2D eigenvalue weighted by Crippen LogP contribution is 2.19. The van der Waals surface area contributed by atoms with Crippen LogP contribution in [0.5, 0.6) is 0 Å². The SMILES string of the molecule is Br.CC(NC1CCOCC1C(=O)[O-])c1ccccc1.[H+]. The molecule has 3 atom stereocenters. The smallest absolute Gasteiger partial charge is 0.550 e. The molecule has 0 amide bonds. The molecule has 1 heterocycles. The van der Waals surface area contributed by atoms with Gasteiger partial charge in [0.2, 0.25) is 0 Å². The molecule has 2 rings (SSSR count). The molecule has 0 saturated carbocycles. The second-order valence-electron chi connectivity index (χ2n) is 4.69. The Morgan fingerprint density at radius 3 is 2.79 bits per heavy atom. The summed E-state index contributed by atoms with van der Waals surface area (Å²) in [6.07, 6.45) is 0.704. The number of carbonyl (C=O) groups is 1. The lowest BCUT2D eigenvalue weighted by atomic mass is 9.94. The number of halogens is 1. The standard InChI is InChI=1S/C14H19NO3.BrH/c1-10(11-5-3-2-4-6-11)15-13-7-8-18-9-12(13)14(16)17;/h2-6,10,12-13,15H,7-9H2,1H3,(H,16,17);1H. The van der Waals surface area contributed by atoms with Crippen molar-refractivity contribution in [2.75, 3.05) is 13.2 Å². The highest BCUT2D eigenvalue weighted by molar-refractivity contribution is 8.93. The Bertz CT molecular complexity index is 405. The van der Waals surface area contributed by atoms with Crippen LogP contribution in [0.1, 0.15) is 26.4 Å². The molecule has 1 N–H and O–H groups in total. The van der Waals surface area contributed by atoms with Crippen LogP contribution in [-0.4, -0.2) is 25.2 Å². The van der Waals surface area contributed by atoms with Crippen LogP contribution in [0.2, 0.25) is 0 Å². The fourth-order valence-corrected chi connectivity index (χ4v) is 2.33. The summed E-state index contributed by atoms with van der Waals surface area (Å²) in [5, 5.41) is 14.4. The predicted octanol–water partition coefficient (Wildman–Crippen LogP) is 1.18. The molecule has 1 aliphatic rings. The summed E-state index contributed by atoms with van der Waals surface area (Å²) in [7, 11) is 0. The van der Waals surface area contributed by atoms with Gasteiger partial charge >= 0.3 is 1.43 Å². The van der Waals surface area contributed by atoms with Gasteiger partial charge in [0, 0.05) is 30.6 Å². The molecule has 0 aromatic heterocycles. The third-order valence-corrected chi connectivity index (χ3v) is 3.42. The number of rotatable bonds is 4. The maximum Gasteiger partial charge on any atom is 1.00 e. The number of benzene rings is 1. The van der Waals surface area contributed by atoms with E-state index in [-0.39, 0.29) is 37.1 Å². The van der Waals surface area contributed by atoms with Gasteiger partial charge in [-0.2, -0.15) is 0 Å². The first kappa shape index (κ1) is 16.1. The topological polar surface area (TPSA) is 61.4 Å². The summed E-state index contributed by atoms with van der Waals surface area (Å²) < 4.78 is 5.20. The molecular weight excluding hydrogens is 310 g/mol. The van der Waals surface area contributed by atoms with Crippen molar-refractivity contribution in [1.82, 2.24) is 5.32 Å². The van der Waals surface area contributed by atoms with Crippen LogP contribution in [0, 0.1) is 5.92 Å². The van der Waals surface area contributed by atoms with Crippen molar-refractivity contribution in [3.8, 4) is 0 Å². The zero-order valence-electron chi connectivity index (χ0n) is 11.9. The number of nitrogens with one attached hydrogen (secondary N) is 1. The number of hydrogen-bond donors (Lipinski definition) is 1. The lowest BCUT2D eigenvalue weighted by molar-refractivity contribution is -0.315. The number of aliphatic carboxylic acids is 1. The summed E-state index contributed by atoms with van der Waals surface area (Å²) in [6.45, 7) is 2.88. The number of carboxylic acids is 1. The van der Waals surface area contributed by atoms with E-state index in [1.165, 1.54) is 0 Å². The second-order valence-corrected chi connectivity index (χ2v) is 4.69. The molecule has 0 bridgehead atoms. The van der Waals surface area contributed by atoms with Crippen LogP contribution < -0.4 is 10.4 Å². The first-order valence-corrected chi connectivity index (χ1v) is 6.28. The Morgan fingerprint density at radius 1 is 1.47 bits per heavy atom. The van der Waals surface area contributed by atoms with Gasteiger partial charge in [-0.25, -0.2) is 0 Å². The van der Waals surface area contributed by atoms with E-state index in [4.69, 9.17) is 4.74 Å². The van der Waals surface area contributed by atoms with Crippen LogP contribution in [0.15, 0.2) is 30.3 Å². The van der Waals surface area contributed by atoms with Gasteiger partial charge in [0.1, 0.15) is 0 Å². The molecule has 3 unspecified atom stereocenters. The summed E-state index contributed by atoms with van der Waals surface area (Å²) in [5.74, 6) is -1.60. The van der Waals surface area contributed by atoms with Gasteiger partial charge in [0.15, 0.2) is 0 Å². The van der Waals surface area contributed by atoms with Crippen LogP contribution in [-0.2, 0) is 9.53 Å². The zero-order valence-corrected chi connectivity index (χ0v) is 12.6. The Balaban J connectivity index is 0.00000180. The van der Waals surface area contributed by atoms with Crippen LogP contribution >= 0.6 is 17.0 Å². The zero-order chi connectivity index (χ0) is 13.0. The molecular formula is C14H20BrNO3. The molecule has 1 aromatic rings. The molecule has 19 heavy (non-hydrogen) atoms. The van der Waals surface area contributed by atoms with Crippen molar-refractivity contribution in [3.63, 3.8) is 0 Å². The number of carbonyl (C=O) groups excluding carboxylic acids is 1. The van der Waals surface area contributed by atoms with Crippen molar-refractivity contribution in [2.45, 2.75) is 25.4 Å². The van der Waals surface area contributed by atoms with Gasteiger partial charge in [0.25, 0.3) is 0 Å². The van der Waals surface area contributed by atoms with E-state index in [0.29, 0.717) is 13.0 Å². The highest BCUT2D eigenvalue weighted by Gasteiger charge is 2.27. The number of carboxylic acid groups (broad SMARTS) is 1. The van der Waals surface area contributed by atoms with Gasteiger partial charge in [-0.15, -0.1) is 17.0 Å². The fraction of sp³-hybridized carbons (Fsp3) is 0.500. The van der Waals surface area contributed by atoms with Crippen molar-refractivity contribution in [2.24, 2.45) is 5.92 Å². The Hall–Kier alpha value is -0.910. The van der Waals surface area contributed by atoms with Crippen LogP contribution in [0.4, 0.5) is 0 Å². The van der Waals surface area contributed by atoms with Crippen molar-refractivity contribution >= 4 is 23.0 Å². The molecule has 0 radical (unpaired) electrons. The average molecular weight is 330 g/mol. The van der Waals surface area contributed by atoms with Crippen LogP contribution in [0.3, 0.4) is 0 Å². The lowest BCUT2D eigenvalue weighted by Crippen LogP contribution is -2.51. The van der Waals surface area contributed by atoms with E-state index in [1.807, 2.05) is 37.3 Å². The van der Waals surface area contributed by atoms with E-state index in [2.05, 4.69) is 5.32 Å². The molecule has 1 aliphatic heterocycles. The summed E-state index contributed by atoms with van der Waals surface area (Å²) in [6, 6.07) is 10.0. The summed E-state index contributed by atoms with van der Waals surface area (Å²) >= 11 is 0. The van der Waals surface area contributed by atoms with Gasteiger partial charge in [0.05, 0.1) is 6.61 Å². The van der Waals surface area contributed by atoms with Gasteiger partial charge in [-0.1, -0.05) is 30.3 Å². The molecule has 5 heteroatoms. The lowest BCUT2D eigenvalue weighted by Gasteiger charge is -2.35. The van der Waals surface area contributed by atoms with Crippen molar-refractivity contribution in [1.29, 1.82) is 0 Å². The molecule has 0 aliphatic carbocycles. The minimum Gasteiger partial charge on any atom is -0.550 e. The normalized spacial score (nSPS) is 24.3. The quantitative estimate of drug-likeness (QED) is 0.901. The van der Waals surface area contributed by atoms with Gasteiger partial charge < -0.3 is 20.0 Å². The molecule has 1 saturated heterocycles. The van der Waals surface area contributed by atoms with E-state index in [1.54, 1.807) is 0 Å². The Labute approximate surface area is 125 Å². The Morgan fingerprint density at radius 2 is 2.16 bits per heavy atom. The molecule has 106 valence electrons. The summed E-state index contributed by atoms with van der Waals surface area (Å²) in [4.78, 5) is 11.1. The summed E-state index contributed by atoms with van der Waals surface area (Å²) in [5.41, 5.74) is 1.15. The third-order valence-electron chi connectivity index (χ3n) is 3.42. The minimum absolute atomic E-state index is 0. The first-order chi connectivity index (χ1) is 8.68. The number of ether oxygens (including phenoxy) is 1. The molecule has 1 aromatic carbocycles. The maximum absolute atomic E-state index is 11.1. The largest absolute Gasteiger partial charge is 1.00 e. The molecule has 0 spiro atoms. The fourth-order valence-electron chi connectivity index (χ4n) is 2.33. The Kier molecular flexibility index (Phi) is 6.48.